The molecule has 1 unspecified atom stereocenters. The molecule has 2 spiro atoms. The summed E-state index contributed by atoms with van der Waals surface area (Å²) in [6, 6.07) is 15.9. The molecular weight excluding hydrogens is 836 g/mol. The van der Waals surface area contributed by atoms with Gasteiger partial charge in [-0.25, -0.2) is 8.78 Å². The van der Waals surface area contributed by atoms with Gasteiger partial charge in [0.05, 0.1) is 22.4 Å². The lowest BCUT2D eigenvalue weighted by molar-refractivity contribution is -0.120. The Bertz CT molecular complexity index is 2060. The molecule has 0 radical (unpaired) electrons. The first-order chi connectivity index (χ1) is 29.6. The number of piperidine rings is 1. The first-order valence-electron chi connectivity index (χ1n) is 22.9. The summed E-state index contributed by atoms with van der Waals surface area (Å²) in [5.41, 5.74) is 5.79. The fourth-order valence-electron chi connectivity index (χ4n) is 11.5. The Morgan fingerprint density at radius 2 is 1.61 bits per heavy atom. The van der Waals surface area contributed by atoms with Crippen LogP contribution in [0, 0.1) is 23.0 Å². The number of fused-ring (bicyclic) bond motifs is 2. The summed E-state index contributed by atoms with van der Waals surface area (Å²) < 4.78 is 31.5. The van der Waals surface area contributed by atoms with Crippen molar-refractivity contribution in [1.29, 1.82) is 0 Å². The Balaban J connectivity index is 0.00000277. The quantitative estimate of drug-likeness (QED) is 0.193. The molecule has 11 heteroatoms. The Morgan fingerprint density at radius 3 is 2.25 bits per heavy atom. The lowest BCUT2D eigenvalue weighted by Crippen LogP contribution is -2.43. The number of halogens is 3. The number of carbonyl (C=O) groups is 3. The van der Waals surface area contributed by atoms with Gasteiger partial charge in [0.1, 0.15) is 23.8 Å². The van der Waals surface area contributed by atoms with Gasteiger partial charge in [-0.05, 0) is 152 Å². The lowest BCUT2D eigenvalue weighted by Gasteiger charge is -2.41. The maximum Gasteiger partial charge on any atom is 0.219 e. The molecule has 5 aliphatic rings. The number of nitrogens with zero attached hydrogens (tertiary/aromatic N) is 4. The summed E-state index contributed by atoms with van der Waals surface area (Å²) in [7, 11) is 3.41. The fourth-order valence-corrected chi connectivity index (χ4v) is 12.0. The van der Waals surface area contributed by atoms with E-state index < -0.39 is 17.6 Å². The van der Waals surface area contributed by atoms with Gasteiger partial charge < -0.3 is 19.9 Å². The van der Waals surface area contributed by atoms with Crippen LogP contribution in [0.5, 0.6) is 0 Å². The van der Waals surface area contributed by atoms with Gasteiger partial charge in [-0.3, -0.25) is 19.5 Å². The van der Waals surface area contributed by atoms with Crippen molar-refractivity contribution >= 4 is 57.3 Å². The predicted octanol–water partition coefficient (Wildman–Crippen LogP) is 11.0. The van der Waals surface area contributed by atoms with Gasteiger partial charge in [0, 0.05) is 61.8 Å². The zero-order valence-electron chi connectivity index (χ0n) is 36.6. The molecule has 3 heterocycles. The number of rotatable bonds is 11. The van der Waals surface area contributed by atoms with E-state index in [0.29, 0.717) is 29.4 Å². The minimum absolute atomic E-state index is 0.0259. The van der Waals surface area contributed by atoms with Gasteiger partial charge in [0.2, 0.25) is 5.91 Å². The standard InChI is InChI=1S/C48H58BrF2N5O3.C2H6/c1-52-44(59)16-14-35(29-57)45-40(50)26-36(27-41(45)51)55-24-21-47(31-55)19-22-54(23-20-47)28-32-9-11-33(12-10-32)34-13-15-38-43(25-34)56(42-8-6-7-39(49)37(42)30-58)46(53-2)48(38)17-4-3-5-18-48;1-2/h6-8,13,15,25-27,29-30,32-33,35H,3-5,9-12,14,16-24,28,31H2,1-2H3,(H,52,59);1-2H3. The monoisotopic (exact) mass is 899 g/mol. The number of amides is 1. The molecule has 0 aromatic heterocycles. The van der Waals surface area contributed by atoms with Crippen LogP contribution in [0.3, 0.4) is 0 Å². The SMILES string of the molecule is CC.CN=C1N(c2cccc(Br)c2C=O)c2cc(C3CCC(CN4CCC5(CC4)CCN(c4cc(F)c(C(C=O)CCC(=O)NC)c(F)c4)C5)CC3)ccc2C12CCCCC2. The summed E-state index contributed by atoms with van der Waals surface area (Å²) in [5.74, 6) is -0.476. The molecule has 1 atom stereocenters. The number of aliphatic imine (C=N–C) groups is 1. The average Bonchev–Trinajstić information content (AvgIpc) is 3.82. The number of benzene rings is 3. The first-order valence-corrected chi connectivity index (χ1v) is 23.7. The van der Waals surface area contributed by atoms with Crippen LogP contribution in [-0.2, 0) is 15.0 Å². The number of aldehydes is 2. The van der Waals surface area contributed by atoms with E-state index in [2.05, 4.69) is 60.2 Å². The highest BCUT2D eigenvalue weighted by Crippen LogP contribution is 2.55. The smallest absolute Gasteiger partial charge is 0.219 e. The third-order valence-corrected chi connectivity index (χ3v) is 15.5. The fraction of sp³-hybridized carbons (Fsp3) is 0.560. The van der Waals surface area contributed by atoms with Crippen LogP contribution in [0.1, 0.15) is 143 Å². The normalized spacial score (nSPS) is 23.1. The van der Waals surface area contributed by atoms with E-state index in [-0.39, 0.29) is 35.1 Å². The lowest BCUT2D eigenvalue weighted by atomic mass is 9.69. The van der Waals surface area contributed by atoms with Crippen molar-refractivity contribution in [2.75, 3.05) is 56.6 Å². The van der Waals surface area contributed by atoms with Crippen molar-refractivity contribution in [3.8, 4) is 0 Å². The van der Waals surface area contributed by atoms with E-state index in [1.807, 2.05) is 33.0 Å². The van der Waals surface area contributed by atoms with Crippen LogP contribution in [-0.4, -0.2) is 76.0 Å². The molecule has 8 nitrogen and oxygen atoms in total. The number of carbonyl (C=O) groups excluding carboxylic acids is 3. The molecule has 3 aromatic rings. The van der Waals surface area contributed by atoms with Crippen molar-refractivity contribution in [2.24, 2.45) is 16.3 Å². The van der Waals surface area contributed by atoms with Crippen molar-refractivity contribution in [3.63, 3.8) is 0 Å². The molecule has 4 fully saturated rings. The minimum Gasteiger partial charge on any atom is -0.371 e. The van der Waals surface area contributed by atoms with Crippen molar-refractivity contribution in [1.82, 2.24) is 10.2 Å². The van der Waals surface area contributed by atoms with E-state index in [4.69, 9.17) is 4.99 Å². The summed E-state index contributed by atoms with van der Waals surface area (Å²) in [6.45, 7) is 8.75. The van der Waals surface area contributed by atoms with Crippen LogP contribution in [0.25, 0.3) is 0 Å². The highest BCUT2D eigenvalue weighted by molar-refractivity contribution is 9.10. The van der Waals surface area contributed by atoms with E-state index in [0.717, 1.165) is 87.1 Å². The molecule has 2 saturated heterocycles. The Morgan fingerprint density at radius 1 is 0.918 bits per heavy atom. The summed E-state index contributed by atoms with van der Waals surface area (Å²) in [4.78, 5) is 47.9. The van der Waals surface area contributed by atoms with Crippen LogP contribution < -0.4 is 15.1 Å². The maximum atomic E-state index is 15.4. The van der Waals surface area contributed by atoms with Gasteiger partial charge >= 0.3 is 0 Å². The summed E-state index contributed by atoms with van der Waals surface area (Å²) in [5, 5.41) is 2.49. The van der Waals surface area contributed by atoms with E-state index in [1.165, 1.54) is 80.9 Å². The second kappa shape index (κ2) is 19.6. The van der Waals surface area contributed by atoms with Gasteiger partial charge in [-0.2, -0.15) is 0 Å². The van der Waals surface area contributed by atoms with Gasteiger partial charge in [0.15, 0.2) is 6.29 Å². The molecule has 2 saturated carbocycles. The van der Waals surface area contributed by atoms with Gasteiger partial charge in [-0.15, -0.1) is 0 Å². The van der Waals surface area contributed by atoms with Crippen LogP contribution in [0.4, 0.5) is 25.8 Å². The van der Waals surface area contributed by atoms with Crippen molar-refractivity contribution in [3.05, 3.63) is 86.9 Å². The molecular formula is C50H64BrF2N5O3. The van der Waals surface area contributed by atoms with E-state index in [1.54, 1.807) is 0 Å². The number of hydrogen-bond acceptors (Lipinski definition) is 6. The highest BCUT2D eigenvalue weighted by atomic mass is 79.9. The topological polar surface area (TPSA) is 85.3 Å². The second-order valence-electron chi connectivity index (χ2n) is 18.1. The molecule has 3 aromatic carbocycles. The van der Waals surface area contributed by atoms with Gasteiger partial charge in [0.25, 0.3) is 0 Å². The highest BCUT2D eigenvalue weighted by Gasteiger charge is 2.50. The molecule has 61 heavy (non-hydrogen) atoms. The maximum absolute atomic E-state index is 15.4. The zero-order chi connectivity index (χ0) is 43.3. The average molecular weight is 901 g/mol. The number of anilines is 3. The number of likely N-dealkylation sites (tertiary alicyclic amines) is 1. The summed E-state index contributed by atoms with van der Waals surface area (Å²) >= 11 is 3.65. The summed E-state index contributed by atoms with van der Waals surface area (Å²) in [6.07, 6.45) is 15.3. The van der Waals surface area contributed by atoms with Crippen molar-refractivity contribution in [2.45, 2.75) is 121 Å². The molecule has 0 bridgehead atoms. The first kappa shape index (κ1) is 45.1. The molecule has 3 aliphatic heterocycles. The molecule has 8 rings (SSSR count). The third kappa shape index (κ3) is 8.97. The Labute approximate surface area is 370 Å². The van der Waals surface area contributed by atoms with Crippen molar-refractivity contribution < 1.29 is 23.2 Å². The second-order valence-corrected chi connectivity index (χ2v) is 18.9. The largest absolute Gasteiger partial charge is 0.371 e. The molecule has 328 valence electrons. The molecule has 2 aliphatic carbocycles. The Hall–Kier alpha value is -3.96. The van der Waals surface area contributed by atoms with E-state index in [9.17, 15) is 14.4 Å². The van der Waals surface area contributed by atoms with Crippen LogP contribution in [0.2, 0.25) is 0 Å². The molecule has 1 amide bonds. The third-order valence-electron chi connectivity index (χ3n) is 14.8. The Kier molecular flexibility index (Phi) is 14.5. The number of amidine groups is 1. The van der Waals surface area contributed by atoms with E-state index >= 15 is 8.78 Å². The predicted molar refractivity (Wildman–Crippen MR) is 246 cm³/mol. The number of hydrogen-bond donors (Lipinski definition) is 1. The minimum atomic E-state index is -1.00. The molecule has 1 N–H and O–H groups in total. The number of nitrogens with one attached hydrogen (secondary N) is 1. The van der Waals surface area contributed by atoms with Crippen LogP contribution in [0.15, 0.2) is 58.0 Å². The zero-order valence-corrected chi connectivity index (χ0v) is 38.2. The van der Waals surface area contributed by atoms with Crippen LogP contribution >= 0.6 is 15.9 Å². The van der Waals surface area contributed by atoms with Gasteiger partial charge in [-0.1, -0.05) is 51.3 Å².